The molecule has 0 saturated heterocycles. The van der Waals surface area contributed by atoms with Gasteiger partial charge < -0.3 is 4.79 Å². The van der Waals surface area contributed by atoms with Gasteiger partial charge in [-0.15, -0.1) is 0 Å². The van der Waals surface area contributed by atoms with Crippen molar-refractivity contribution >= 4 is 6.29 Å². The number of aldehydes is 1. The molecule has 0 amide bonds. The van der Waals surface area contributed by atoms with E-state index in [0.29, 0.717) is 6.42 Å². The average molecular weight is 315 g/mol. The highest BCUT2D eigenvalue weighted by molar-refractivity contribution is 5.48. The molecular formula is C22H34O. The summed E-state index contributed by atoms with van der Waals surface area (Å²) in [5, 5.41) is 0. The highest BCUT2D eigenvalue weighted by Crippen LogP contribution is 2.03. The van der Waals surface area contributed by atoms with E-state index >= 15 is 0 Å². The summed E-state index contributed by atoms with van der Waals surface area (Å²) < 4.78 is 0. The lowest BCUT2D eigenvalue weighted by molar-refractivity contribution is -0.107. The summed E-state index contributed by atoms with van der Waals surface area (Å²) in [5.74, 6) is 0. The molecule has 0 saturated carbocycles. The van der Waals surface area contributed by atoms with Crippen LogP contribution in [-0.2, 0) is 4.79 Å². The number of allylic oxidation sites excluding steroid dienone is 10. The quantitative estimate of drug-likeness (QED) is 0.183. The van der Waals surface area contributed by atoms with Crippen molar-refractivity contribution in [1.82, 2.24) is 0 Å². The lowest BCUT2D eigenvalue weighted by atomic mass is 10.1. The van der Waals surface area contributed by atoms with Crippen LogP contribution in [0.1, 0.15) is 71.1 Å². The molecule has 0 aliphatic rings. The Morgan fingerprint density at radius 2 is 0.957 bits per heavy atom. The molecular weight excluding hydrogens is 280 g/mol. The van der Waals surface area contributed by atoms with E-state index in [1.54, 1.807) is 0 Å². The Morgan fingerprint density at radius 1 is 0.522 bits per heavy atom. The average Bonchev–Trinajstić information content (AvgIpc) is 2.57. The van der Waals surface area contributed by atoms with Gasteiger partial charge >= 0.3 is 0 Å². The largest absolute Gasteiger partial charge is 0.303 e. The van der Waals surface area contributed by atoms with Crippen LogP contribution < -0.4 is 0 Å². The van der Waals surface area contributed by atoms with Gasteiger partial charge in [0.25, 0.3) is 0 Å². The first-order valence-corrected chi connectivity index (χ1v) is 9.10. The van der Waals surface area contributed by atoms with Gasteiger partial charge in [0.05, 0.1) is 0 Å². The summed E-state index contributed by atoms with van der Waals surface area (Å²) in [6.07, 6.45) is 33.7. The summed E-state index contributed by atoms with van der Waals surface area (Å²) >= 11 is 0. The van der Waals surface area contributed by atoms with E-state index in [0.717, 1.165) is 57.7 Å². The van der Waals surface area contributed by atoms with Gasteiger partial charge in [-0.25, -0.2) is 0 Å². The minimum atomic E-state index is 0.714. The second-order valence-electron chi connectivity index (χ2n) is 5.51. The van der Waals surface area contributed by atoms with Crippen LogP contribution in [-0.4, -0.2) is 6.29 Å². The predicted octanol–water partition coefficient (Wildman–Crippen LogP) is 6.89. The number of hydrogen-bond donors (Lipinski definition) is 0. The highest BCUT2D eigenvalue weighted by Gasteiger charge is 1.85. The highest BCUT2D eigenvalue weighted by atomic mass is 16.1. The van der Waals surface area contributed by atoms with Gasteiger partial charge in [-0.1, -0.05) is 74.1 Å². The van der Waals surface area contributed by atoms with Crippen LogP contribution in [0.15, 0.2) is 60.8 Å². The number of carbonyl (C=O) groups is 1. The van der Waals surface area contributed by atoms with Crippen LogP contribution in [0.2, 0.25) is 0 Å². The van der Waals surface area contributed by atoms with E-state index in [4.69, 9.17) is 0 Å². The van der Waals surface area contributed by atoms with Crippen molar-refractivity contribution < 1.29 is 4.79 Å². The van der Waals surface area contributed by atoms with E-state index in [9.17, 15) is 4.79 Å². The van der Waals surface area contributed by atoms with Crippen LogP contribution in [0.3, 0.4) is 0 Å². The first kappa shape index (κ1) is 21.4. The molecule has 0 fully saturated rings. The second-order valence-corrected chi connectivity index (χ2v) is 5.51. The number of rotatable bonds is 15. The predicted molar refractivity (Wildman–Crippen MR) is 104 cm³/mol. The maximum atomic E-state index is 10.2. The Balaban J connectivity index is 3.40. The van der Waals surface area contributed by atoms with Crippen molar-refractivity contribution in [3.63, 3.8) is 0 Å². The molecule has 0 radical (unpaired) electrons. The minimum Gasteiger partial charge on any atom is -0.303 e. The Hall–Kier alpha value is -1.63. The molecule has 0 atom stereocenters. The van der Waals surface area contributed by atoms with E-state index in [1.165, 1.54) is 6.42 Å². The van der Waals surface area contributed by atoms with Gasteiger partial charge in [-0.3, -0.25) is 0 Å². The first-order chi connectivity index (χ1) is 11.4. The van der Waals surface area contributed by atoms with Crippen LogP contribution in [0.25, 0.3) is 0 Å². The van der Waals surface area contributed by atoms with Gasteiger partial charge in [-0.2, -0.15) is 0 Å². The molecule has 128 valence electrons. The third kappa shape index (κ3) is 20.4. The Morgan fingerprint density at radius 3 is 1.43 bits per heavy atom. The van der Waals surface area contributed by atoms with Crippen LogP contribution in [0, 0.1) is 0 Å². The van der Waals surface area contributed by atoms with Crippen LogP contribution >= 0.6 is 0 Å². The van der Waals surface area contributed by atoms with Gasteiger partial charge in [0.15, 0.2) is 0 Å². The van der Waals surface area contributed by atoms with Crippen LogP contribution in [0.5, 0.6) is 0 Å². The smallest absolute Gasteiger partial charge is 0.119 e. The van der Waals surface area contributed by atoms with Crippen LogP contribution in [0.4, 0.5) is 0 Å². The molecule has 0 heterocycles. The molecule has 0 bridgehead atoms. The van der Waals surface area contributed by atoms with E-state index in [-0.39, 0.29) is 0 Å². The van der Waals surface area contributed by atoms with E-state index < -0.39 is 0 Å². The number of unbranched alkanes of at least 4 members (excludes halogenated alkanes) is 4. The van der Waals surface area contributed by atoms with Crippen molar-refractivity contribution in [2.45, 2.75) is 71.1 Å². The van der Waals surface area contributed by atoms with Gasteiger partial charge in [-0.05, 0) is 51.4 Å². The zero-order chi connectivity index (χ0) is 16.8. The molecule has 0 aliphatic carbocycles. The van der Waals surface area contributed by atoms with Crippen molar-refractivity contribution in [3.8, 4) is 0 Å². The van der Waals surface area contributed by atoms with Crippen molar-refractivity contribution in [2.75, 3.05) is 0 Å². The molecule has 0 N–H and O–H groups in total. The molecule has 1 heteroatoms. The third-order valence-electron chi connectivity index (χ3n) is 3.35. The standard InChI is InChI=1S/C22H34O/c1-2-3-4-5-6-7-8-9-10-11-12-13-14-15-16-17-18-19-20-21-22-23/h3-4,6-7,9-10,12-13,15-16,22H,2,5,8,11,14,17-21H2,1H3. The zero-order valence-electron chi connectivity index (χ0n) is 14.8. The summed E-state index contributed by atoms with van der Waals surface area (Å²) in [6, 6.07) is 0. The Kier molecular flexibility index (Phi) is 18.9. The van der Waals surface area contributed by atoms with Crippen molar-refractivity contribution in [1.29, 1.82) is 0 Å². The molecule has 0 aromatic carbocycles. The topological polar surface area (TPSA) is 17.1 Å². The Labute approximate surface area is 143 Å². The molecule has 1 nitrogen and oxygen atoms in total. The molecule has 0 aromatic rings. The monoisotopic (exact) mass is 314 g/mol. The fraction of sp³-hybridized carbons (Fsp3) is 0.500. The first-order valence-electron chi connectivity index (χ1n) is 9.10. The fourth-order valence-corrected chi connectivity index (χ4v) is 2.04. The van der Waals surface area contributed by atoms with Crippen molar-refractivity contribution in [2.24, 2.45) is 0 Å². The normalized spacial score (nSPS) is 12.7. The summed E-state index contributed by atoms with van der Waals surface area (Å²) in [7, 11) is 0. The van der Waals surface area contributed by atoms with Gasteiger partial charge in [0.2, 0.25) is 0 Å². The van der Waals surface area contributed by atoms with Gasteiger partial charge in [0.1, 0.15) is 6.29 Å². The number of hydrogen-bond acceptors (Lipinski definition) is 1. The van der Waals surface area contributed by atoms with E-state index in [2.05, 4.69) is 67.7 Å². The summed E-state index contributed by atoms with van der Waals surface area (Å²) in [5.41, 5.74) is 0. The van der Waals surface area contributed by atoms with Gasteiger partial charge in [0, 0.05) is 6.42 Å². The summed E-state index contributed by atoms with van der Waals surface area (Å²) in [6.45, 7) is 2.16. The molecule has 0 spiro atoms. The minimum absolute atomic E-state index is 0.714. The SMILES string of the molecule is CCC=CCC=CCC=CCC=CCC=CCCCCCC=O. The second kappa shape index (κ2) is 20.4. The van der Waals surface area contributed by atoms with E-state index in [1.807, 2.05) is 0 Å². The molecule has 23 heavy (non-hydrogen) atoms. The lowest BCUT2D eigenvalue weighted by Gasteiger charge is -1.93. The summed E-state index contributed by atoms with van der Waals surface area (Å²) in [4.78, 5) is 10.2. The molecule has 0 aromatic heterocycles. The Bertz CT molecular complexity index is 383. The van der Waals surface area contributed by atoms with Crippen molar-refractivity contribution in [3.05, 3.63) is 60.8 Å². The molecule has 0 unspecified atom stereocenters. The maximum Gasteiger partial charge on any atom is 0.119 e. The zero-order valence-corrected chi connectivity index (χ0v) is 14.8. The number of carbonyl (C=O) groups excluding carboxylic acids is 1. The third-order valence-corrected chi connectivity index (χ3v) is 3.35. The molecule has 0 rings (SSSR count). The lowest BCUT2D eigenvalue weighted by Crippen LogP contribution is -1.77. The molecule has 0 aliphatic heterocycles. The maximum absolute atomic E-state index is 10.2. The fourth-order valence-electron chi connectivity index (χ4n) is 2.04.